The minimum absolute atomic E-state index is 0.0660. The van der Waals surface area contributed by atoms with Crippen LogP contribution in [0.5, 0.6) is 0 Å². The predicted octanol–water partition coefficient (Wildman–Crippen LogP) is 1.18. The minimum atomic E-state index is -2.25. The van der Waals surface area contributed by atoms with Gasteiger partial charge in [-0.05, 0) is 24.6 Å². The fourth-order valence-electron chi connectivity index (χ4n) is 3.78. The van der Waals surface area contributed by atoms with Gasteiger partial charge in [0.1, 0.15) is 24.1 Å². The van der Waals surface area contributed by atoms with Crippen molar-refractivity contribution in [3.05, 3.63) is 22.5 Å². The lowest BCUT2D eigenvalue weighted by Gasteiger charge is -2.40. The van der Waals surface area contributed by atoms with Gasteiger partial charge in [0.15, 0.2) is 25.7 Å². The molecular weight excluding hydrogens is 392 g/mol. The third-order valence-corrected chi connectivity index (χ3v) is 11.0. The Hall–Kier alpha value is -1.59. The number of fused-ring (bicyclic) bond motifs is 2. The first-order valence-corrected chi connectivity index (χ1v) is 13.0. The summed E-state index contributed by atoms with van der Waals surface area (Å²) in [6, 6.07) is 0. The van der Waals surface area contributed by atoms with Gasteiger partial charge in [-0.2, -0.15) is 0 Å². The molecule has 0 aliphatic carbocycles. The summed E-state index contributed by atoms with van der Waals surface area (Å²) in [6.07, 6.45) is -0.0329. The molecule has 1 saturated heterocycles. The molecule has 10 heteroatoms. The molecule has 1 fully saturated rings. The molecule has 9 nitrogen and oxygen atoms in total. The summed E-state index contributed by atoms with van der Waals surface area (Å²) in [6.45, 7) is 10.9. The molecule has 0 amide bonds. The molecule has 2 aliphatic heterocycles. The van der Waals surface area contributed by atoms with E-state index in [2.05, 4.69) is 43.8 Å². The van der Waals surface area contributed by atoms with Gasteiger partial charge in [0.05, 0.1) is 12.9 Å². The smallest absolute Gasteiger partial charge is 0.281 e. The van der Waals surface area contributed by atoms with Crippen molar-refractivity contribution in [2.24, 2.45) is 0 Å². The Morgan fingerprint density at radius 1 is 1.38 bits per heavy atom. The van der Waals surface area contributed by atoms with Gasteiger partial charge >= 0.3 is 0 Å². The SMILES string of the molecule is CC(C)(C)[Si](C)(C)O[C@@H]1[C@H](O)[C@@H](CO)O[C@H]1n1cnc2c(=O)n3c(nc21)CCC3. The van der Waals surface area contributed by atoms with E-state index in [0.717, 1.165) is 18.7 Å². The number of aliphatic hydroxyl groups excluding tert-OH is 2. The van der Waals surface area contributed by atoms with Gasteiger partial charge in [-0.1, -0.05) is 20.8 Å². The van der Waals surface area contributed by atoms with E-state index in [9.17, 15) is 15.0 Å². The van der Waals surface area contributed by atoms with Crippen LogP contribution in [0.4, 0.5) is 0 Å². The van der Waals surface area contributed by atoms with Crippen molar-refractivity contribution in [3.63, 3.8) is 0 Å². The maximum atomic E-state index is 12.8. The van der Waals surface area contributed by atoms with Crippen molar-refractivity contribution in [2.45, 2.75) is 82.8 Å². The molecule has 2 aromatic heterocycles. The van der Waals surface area contributed by atoms with Gasteiger partial charge in [0, 0.05) is 13.0 Å². The number of aryl methyl sites for hydroxylation is 1. The van der Waals surface area contributed by atoms with Gasteiger partial charge in [-0.15, -0.1) is 0 Å². The van der Waals surface area contributed by atoms with Crippen LogP contribution in [0.25, 0.3) is 11.2 Å². The Bertz CT molecular complexity index is 979. The lowest BCUT2D eigenvalue weighted by molar-refractivity contribution is -0.0497. The van der Waals surface area contributed by atoms with Gasteiger partial charge < -0.3 is 19.4 Å². The summed E-state index contributed by atoms with van der Waals surface area (Å²) in [5.74, 6) is 0.739. The van der Waals surface area contributed by atoms with Crippen molar-refractivity contribution in [1.82, 2.24) is 19.1 Å². The first kappa shape index (κ1) is 20.7. The van der Waals surface area contributed by atoms with Crippen LogP contribution in [0.1, 0.15) is 39.2 Å². The van der Waals surface area contributed by atoms with Crippen LogP contribution in [0, 0.1) is 0 Å². The number of nitrogens with zero attached hydrogens (tertiary/aromatic N) is 4. The molecule has 4 atom stereocenters. The fraction of sp³-hybridized carbons (Fsp3) is 0.737. The van der Waals surface area contributed by atoms with Crippen molar-refractivity contribution < 1.29 is 19.4 Å². The zero-order valence-corrected chi connectivity index (χ0v) is 18.6. The molecule has 2 N–H and O–H groups in total. The molecule has 0 aromatic carbocycles. The largest absolute Gasteiger partial charge is 0.407 e. The normalized spacial score (nSPS) is 27.7. The number of ether oxygens (including phenoxy) is 1. The summed E-state index contributed by atoms with van der Waals surface area (Å²) in [5, 5.41) is 20.4. The average Bonchev–Trinajstić information content (AvgIpc) is 3.33. The van der Waals surface area contributed by atoms with E-state index in [1.165, 1.54) is 6.33 Å². The van der Waals surface area contributed by atoms with Gasteiger partial charge in [0.25, 0.3) is 5.56 Å². The number of hydrogen-bond donors (Lipinski definition) is 2. The topological polar surface area (TPSA) is 112 Å². The standard InChI is InChI=1S/C19H30N4O5Si/c1-19(2,3)29(4,5)28-15-14(25)11(9-24)27-18(15)23-10-20-13-16(23)21-12-7-6-8-22(12)17(13)26/h10-11,14-15,18,24-25H,6-9H2,1-5H3/t11-,14-,15-,18-/m1/s1. The molecule has 0 saturated carbocycles. The van der Waals surface area contributed by atoms with E-state index in [1.54, 1.807) is 9.13 Å². The van der Waals surface area contributed by atoms with Gasteiger partial charge in [-0.3, -0.25) is 13.9 Å². The highest BCUT2D eigenvalue weighted by molar-refractivity contribution is 6.74. The Kier molecular flexibility index (Phi) is 4.98. The second-order valence-electron chi connectivity index (χ2n) is 9.49. The highest BCUT2D eigenvalue weighted by Gasteiger charge is 2.50. The molecular formula is C19H30N4O5Si. The van der Waals surface area contributed by atoms with Gasteiger partial charge in [0.2, 0.25) is 0 Å². The fourth-order valence-corrected chi connectivity index (χ4v) is 5.07. The second kappa shape index (κ2) is 6.98. The summed E-state index contributed by atoms with van der Waals surface area (Å²) in [7, 11) is -2.25. The average molecular weight is 423 g/mol. The third kappa shape index (κ3) is 3.27. The molecule has 2 aliphatic rings. The zero-order valence-electron chi connectivity index (χ0n) is 17.6. The molecule has 2 aromatic rings. The van der Waals surface area contributed by atoms with Crippen molar-refractivity contribution >= 4 is 19.5 Å². The molecule has 29 heavy (non-hydrogen) atoms. The number of aromatic nitrogens is 4. The number of aliphatic hydroxyl groups is 2. The number of hydrogen-bond acceptors (Lipinski definition) is 7. The van der Waals surface area contributed by atoms with Crippen molar-refractivity contribution in [3.8, 4) is 0 Å². The van der Waals surface area contributed by atoms with E-state index in [1.807, 2.05) is 0 Å². The van der Waals surface area contributed by atoms with Crippen LogP contribution in [-0.4, -0.2) is 62.6 Å². The first-order chi connectivity index (χ1) is 13.5. The van der Waals surface area contributed by atoms with Gasteiger partial charge in [-0.25, -0.2) is 9.97 Å². The highest BCUT2D eigenvalue weighted by atomic mass is 28.4. The van der Waals surface area contributed by atoms with E-state index in [-0.39, 0.29) is 22.7 Å². The first-order valence-electron chi connectivity index (χ1n) is 10.1. The molecule has 0 unspecified atom stereocenters. The summed E-state index contributed by atoms with van der Waals surface area (Å²) >= 11 is 0. The monoisotopic (exact) mass is 422 g/mol. The van der Waals surface area contributed by atoms with Crippen LogP contribution in [0.3, 0.4) is 0 Å². The van der Waals surface area contributed by atoms with E-state index in [0.29, 0.717) is 12.2 Å². The highest BCUT2D eigenvalue weighted by Crippen LogP contribution is 2.42. The van der Waals surface area contributed by atoms with Crippen LogP contribution < -0.4 is 5.56 Å². The van der Waals surface area contributed by atoms with Crippen molar-refractivity contribution in [2.75, 3.05) is 6.61 Å². The second-order valence-corrected chi connectivity index (χ2v) is 14.2. The molecule has 4 rings (SSSR count). The molecule has 0 radical (unpaired) electrons. The molecule has 0 spiro atoms. The van der Waals surface area contributed by atoms with Crippen molar-refractivity contribution in [1.29, 1.82) is 0 Å². The van der Waals surface area contributed by atoms with Crippen LogP contribution in [0.15, 0.2) is 11.1 Å². The molecule has 4 heterocycles. The Balaban J connectivity index is 1.78. The Labute approximate surface area is 170 Å². The Morgan fingerprint density at radius 3 is 2.76 bits per heavy atom. The van der Waals surface area contributed by atoms with Crippen LogP contribution in [-0.2, 0) is 22.1 Å². The Morgan fingerprint density at radius 2 is 2.10 bits per heavy atom. The summed E-state index contributed by atoms with van der Waals surface area (Å²) < 4.78 is 15.8. The summed E-state index contributed by atoms with van der Waals surface area (Å²) in [5.41, 5.74) is 0.565. The van der Waals surface area contributed by atoms with Crippen LogP contribution >= 0.6 is 0 Å². The lowest BCUT2D eigenvalue weighted by atomic mass is 10.1. The summed E-state index contributed by atoms with van der Waals surface area (Å²) in [4.78, 5) is 21.7. The van der Waals surface area contributed by atoms with E-state index >= 15 is 0 Å². The number of imidazole rings is 1. The maximum absolute atomic E-state index is 12.8. The van der Waals surface area contributed by atoms with Crippen LogP contribution in [0.2, 0.25) is 18.1 Å². The third-order valence-electron chi connectivity index (χ3n) is 6.55. The maximum Gasteiger partial charge on any atom is 0.281 e. The predicted molar refractivity (Wildman–Crippen MR) is 109 cm³/mol. The number of rotatable bonds is 4. The van der Waals surface area contributed by atoms with E-state index < -0.39 is 32.9 Å². The zero-order chi connectivity index (χ0) is 21.1. The quantitative estimate of drug-likeness (QED) is 0.712. The lowest BCUT2D eigenvalue weighted by Crippen LogP contribution is -2.48. The van der Waals surface area contributed by atoms with E-state index in [4.69, 9.17) is 9.16 Å². The molecule has 160 valence electrons. The molecule has 0 bridgehead atoms. The minimum Gasteiger partial charge on any atom is -0.407 e.